The number of aromatic nitrogens is 2. The molecule has 2 heterocycles. The van der Waals surface area contributed by atoms with Gasteiger partial charge >= 0.3 is 12.1 Å². The molecule has 0 radical (unpaired) electrons. The summed E-state index contributed by atoms with van der Waals surface area (Å²) in [5, 5.41) is 16.0. The van der Waals surface area contributed by atoms with Crippen LogP contribution in [0.15, 0.2) is 4.42 Å². The van der Waals surface area contributed by atoms with Crippen LogP contribution in [0.1, 0.15) is 24.8 Å². The molecule has 76 valence electrons. The van der Waals surface area contributed by atoms with Crippen LogP contribution in [0.4, 0.5) is 10.8 Å². The predicted octanol–water partition coefficient (Wildman–Crippen LogP) is 0.467. The minimum Gasteiger partial charge on any atom is -0.465 e. The summed E-state index contributed by atoms with van der Waals surface area (Å²) in [6.07, 6.45) is 0.539. The van der Waals surface area contributed by atoms with E-state index in [0.717, 1.165) is 6.42 Å². The number of amides is 1. The van der Waals surface area contributed by atoms with Crippen LogP contribution in [0.5, 0.6) is 0 Å². The molecule has 1 fully saturated rings. The molecule has 1 unspecified atom stereocenters. The fraction of sp³-hybridized carbons (Fsp3) is 0.571. The smallest absolute Gasteiger partial charge is 0.407 e. The highest BCUT2D eigenvalue weighted by Crippen LogP contribution is 2.30. The maximum Gasteiger partial charge on any atom is 0.407 e. The lowest BCUT2D eigenvalue weighted by Crippen LogP contribution is -2.28. The molecule has 0 bridgehead atoms. The third kappa shape index (κ3) is 1.36. The van der Waals surface area contributed by atoms with Crippen molar-refractivity contribution < 1.29 is 14.3 Å². The summed E-state index contributed by atoms with van der Waals surface area (Å²) in [7, 11) is 0. The summed E-state index contributed by atoms with van der Waals surface area (Å²) in [4.78, 5) is 12.1. The first-order valence-corrected chi connectivity index (χ1v) is 4.27. The van der Waals surface area contributed by atoms with Crippen molar-refractivity contribution in [2.45, 2.75) is 18.9 Å². The Kier molecular flexibility index (Phi) is 1.99. The molecule has 7 heteroatoms. The number of carboxylic acid groups (broad SMARTS) is 1. The number of nitrogens with two attached hydrogens (primary N) is 1. The number of anilines is 1. The van der Waals surface area contributed by atoms with Crippen molar-refractivity contribution >= 4 is 12.1 Å². The van der Waals surface area contributed by atoms with Crippen LogP contribution in [-0.2, 0) is 0 Å². The van der Waals surface area contributed by atoms with Gasteiger partial charge in [0.1, 0.15) is 6.04 Å². The van der Waals surface area contributed by atoms with Crippen molar-refractivity contribution in [2.24, 2.45) is 0 Å². The summed E-state index contributed by atoms with van der Waals surface area (Å²) in [6, 6.07) is -0.366. The van der Waals surface area contributed by atoms with Gasteiger partial charge in [-0.1, -0.05) is 5.10 Å². The van der Waals surface area contributed by atoms with Crippen LogP contribution >= 0.6 is 0 Å². The Labute approximate surface area is 79.5 Å². The van der Waals surface area contributed by atoms with E-state index >= 15 is 0 Å². The molecule has 3 N–H and O–H groups in total. The van der Waals surface area contributed by atoms with Gasteiger partial charge in [-0.3, -0.25) is 4.90 Å². The van der Waals surface area contributed by atoms with E-state index in [2.05, 4.69) is 10.2 Å². The zero-order chi connectivity index (χ0) is 10.1. The lowest BCUT2D eigenvalue weighted by molar-refractivity contribution is 0.134. The van der Waals surface area contributed by atoms with Crippen LogP contribution in [-0.4, -0.2) is 32.8 Å². The van der Waals surface area contributed by atoms with Gasteiger partial charge in [0, 0.05) is 6.54 Å². The topological polar surface area (TPSA) is 105 Å². The molecule has 7 nitrogen and oxygen atoms in total. The third-order valence-corrected chi connectivity index (χ3v) is 2.24. The van der Waals surface area contributed by atoms with E-state index in [1.807, 2.05) is 0 Å². The molecule has 1 aromatic heterocycles. The van der Waals surface area contributed by atoms with E-state index in [4.69, 9.17) is 15.3 Å². The number of rotatable bonds is 1. The molecule has 1 saturated heterocycles. The van der Waals surface area contributed by atoms with Crippen LogP contribution in [0, 0.1) is 0 Å². The van der Waals surface area contributed by atoms with E-state index in [9.17, 15) is 4.79 Å². The highest BCUT2D eigenvalue weighted by Gasteiger charge is 2.33. The second-order valence-electron chi connectivity index (χ2n) is 3.11. The van der Waals surface area contributed by atoms with Crippen molar-refractivity contribution in [3.63, 3.8) is 0 Å². The van der Waals surface area contributed by atoms with E-state index in [-0.39, 0.29) is 17.9 Å². The van der Waals surface area contributed by atoms with E-state index in [0.29, 0.717) is 13.0 Å². The average Bonchev–Trinajstić information content (AvgIpc) is 2.70. The molecule has 0 aliphatic carbocycles. The maximum atomic E-state index is 10.8. The predicted molar refractivity (Wildman–Crippen MR) is 45.4 cm³/mol. The zero-order valence-corrected chi connectivity index (χ0v) is 7.38. The van der Waals surface area contributed by atoms with Gasteiger partial charge in [0.05, 0.1) is 0 Å². The largest absolute Gasteiger partial charge is 0.465 e. The molecule has 14 heavy (non-hydrogen) atoms. The highest BCUT2D eigenvalue weighted by atomic mass is 16.4. The van der Waals surface area contributed by atoms with Gasteiger partial charge in [-0.15, -0.1) is 5.10 Å². The molecular weight excluding hydrogens is 188 g/mol. The summed E-state index contributed by atoms with van der Waals surface area (Å²) in [6.45, 7) is 0.502. The van der Waals surface area contributed by atoms with E-state index in [1.54, 1.807) is 0 Å². The molecule has 1 aliphatic heterocycles. The molecule has 0 spiro atoms. The minimum atomic E-state index is -0.968. The fourth-order valence-electron chi connectivity index (χ4n) is 1.63. The number of carbonyl (C=O) groups is 1. The first kappa shape index (κ1) is 8.79. The number of nitrogens with zero attached hydrogens (tertiary/aromatic N) is 3. The average molecular weight is 198 g/mol. The van der Waals surface area contributed by atoms with Gasteiger partial charge in [0.2, 0.25) is 5.89 Å². The second-order valence-corrected chi connectivity index (χ2v) is 3.11. The first-order valence-electron chi connectivity index (χ1n) is 4.27. The molecular formula is C7H10N4O3. The van der Waals surface area contributed by atoms with Crippen molar-refractivity contribution in [3.05, 3.63) is 5.89 Å². The van der Waals surface area contributed by atoms with Crippen molar-refractivity contribution in [3.8, 4) is 0 Å². The maximum absolute atomic E-state index is 10.8. The second kappa shape index (κ2) is 3.17. The van der Waals surface area contributed by atoms with Gasteiger partial charge in [-0.25, -0.2) is 4.79 Å². The normalized spacial score (nSPS) is 21.4. The standard InChI is InChI=1S/C7H10N4O3/c8-6-10-9-5(14-6)4-2-1-3-11(4)7(12)13/h4H,1-3H2,(H2,8,10)(H,12,13). The van der Waals surface area contributed by atoms with Crippen LogP contribution in [0.3, 0.4) is 0 Å². The molecule has 2 rings (SSSR count). The van der Waals surface area contributed by atoms with Gasteiger partial charge in [0.15, 0.2) is 0 Å². The summed E-state index contributed by atoms with van der Waals surface area (Å²) >= 11 is 0. The number of nitrogen functional groups attached to an aromatic ring is 1. The van der Waals surface area contributed by atoms with Gasteiger partial charge < -0.3 is 15.3 Å². The van der Waals surface area contributed by atoms with Crippen molar-refractivity contribution in [1.82, 2.24) is 15.1 Å². The summed E-state index contributed by atoms with van der Waals surface area (Å²) < 4.78 is 5.00. The lowest BCUT2D eigenvalue weighted by atomic mass is 10.2. The SMILES string of the molecule is Nc1nnc(C2CCCN2C(=O)O)o1. The molecule has 1 atom stereocenters. The van der Waals surface area contributed by atoms with Crippen molar-refractivity contribution in [1.29, 1.82) is 0 Å². The quantitative estimate of drug-likeness (QED) is 0.679. The molecule has 1 aliphatic rings. The highest BCUT2D eigenvalue weighted by molar-refractivity contribution is 5.65. The Balaban J connectivity index is 2.21. The van der Waals surface area contributed by atoms with Crippen LogP contribution in [0.2, 0.25) is 0 Å². The number of likely N-dealkylation sites (tertiary alicyclic amines) is 1. The van der Waals surface area contributed by atoms with Crippen LogP contribution < -0.4 is 5.73 Å². The minimum absolute atomic E-state index is 0.0303. The zero-order valence-electron chi connectivity index (χ0n) is 7.38. The summed E-state index contributed by atoms with van der Waals surface area (Å²) in [5.41, 5.74) is 5.26. The number of hydrogen-bond acceptors (Lipinski definition) is 5. The molecule has 1 aromatic rings. The Hall–Kier alpha value is -1.79. The Morgan fingerprint density at radius 2 is 2.43 bits per heavy atom. The Morgan fingerprint density at radius 3 is 3.00 bits per heavy atom. The summed E-state index contributed by atoms with van der Waals surface area (Å²) in [5.74, 6) is 0.280. The lowest BCUT2D eigenvalue weighted by Gasteiger charge is -2.17. The van der Waals surface area contributed by atoms with Gasteiger partial charge in [0.25, 0.3) is 0 Å². The van der Waals surface area contributed by atoms with Gasteiger partial charge in [-0.05, 0) is 12.8 Å². The first-order chi connectivity index (χ1) is 6.68. The monoisotopic (exact) mass is 198 g/mol. The Bertz CT molecular complexity index is 350. The fourth-order valence-corrected chi connectivity index (χ4v) is 1.63. The van der Waals surface area contributed by atoms with Crippen molar-refractivity contribution in [2.75, 3.05) is 12.3 Å². The molecule has 0 aromatic carbocycles. The van der Waals surface area contributed by atoms with Gasteiger partial charge in [-0.2, -0.15) is 0 Å². The van der Waals surface area contributed by atoms with E-state index < -0.39 is 6.09 Å². The third-order valence-electron chi connectivity index (χ3n) is 2.24. The van der Waals surface area contributed by atoms with Crippen LogP contribution in [0.25, 0.3) is 0 Å². The van der Waals surface area contributed by atoms with E-state index in [1.165, 1.54) is 4.90 Å². The molecule has 1 amide bonds. The Morgan fingerprint density at radius 1 is 1.64 bits per heavy atom. The molecule has 0 saturated carbocycles. The number of hydrogen-bond donors (Lipinski definition) is 2.